The third kappa shape index (κ3) is 4.90. The Bertz CT molecular complexity index is 636. The molecule has 0 aliphatic heterocycles. The first-order chi connectivity index (χ1) is 10.5. The molecule has 0 bridgehead atoms. The predicted octanol–water partition coefficient (Wildman–Crippen LogP) is 3.02. The van der Waals surface area contributed by atoms with Crippen LogP contribution in [0.25, 0.3) is 0 Å². The molecular weight excluding hydrogens is 280 g/mol. The van der Waals surface area contributed by atoms with Crippen molar-refractivity contribution in [2.75, 3.05) is 13.2 Å². The monoisotopic (exact) mass is 300 g/mol. The van der Waals surface area contributed by atoms with E-state index in [-0.39, 0.29) is 19.0 Å². The van der Waals surface area contributed by atoms with Gasteiger partial charge in [-0.15, -0.1) is 0 Å². The van der Waals surface area contributed by atoms with Gasteiger partial charge >= 0.3 is 0 Å². The van der Waals surface area contributed by atoms with Gasteiger partial charge in [-0.05, 0) is 43.7 Å². The van der Waals surface area contributed by atoms with Crippen molar-refractivity contribution in [3.8, 4) is 11.5 Å². The van der Waals surface area contributed by atoms with Gasteiger partial charge in [0.1, 0.15) is 30.8 Å². The SMILES string of the molecule is CC(=O)c1cccc(OCC(O)COc2cccc(C)c2)c1. The second-order valence-corrected chi connectivity index (χ2v) is 5.18. The summed E-state index contributed by atoms with van der Waals surface area (Å²) in [5.74, 6) is 1.26. The summed E-state index contributed by atoms with van der Waals surface area (Å²) < 4.78 is 11.0. The van der Waals surface area contributed by atoms with Crippen LogP contribution in [0.5, 0.6) is 11.5 Å². The Morgan fingerprint density at radius 1 is 1.05 bits per heavy atom. The Kier molecular flexibility index (Phi) is 5.55. The van der Waals surface area contributed by atoms with Gasteiger partial charge in [0.2, 0.25) is 0 Å². The molecule has 2 aromatic rings. The molecule has 116 valence electrons. The van der Waals surface area contributed by atoms with Gasteiger partial charge in [0, 0.05) is 5.56 Å². The van der Waals surface area contributed by atoms with Crippen LogP contribution in [0.2, 0.25) is 0 Å². The lowest BCUT2D eigenvalue weighted by Crippen LogP contribution is -2.25. The number of benzene rings is 2. The van der Waals surface area contributed by atoms with Crippen LogP contribution in [0.15, 0.2) is 48.5 Å². The summed E-state index contributed by atoms with van der Waals surface area (Å²) in [6, 6.07) is 14.5. The molecule has 4 heteroatoms. The lowest BCUT2D eigenvalue weighted by molar-refractivity contribution is 0.0626. The molecule has 0 aliphatic rings. The van der Waals surface area contributed by atoms with Crippen molar-refractivity contribution in [1.29, 1.82) is 0 Å². The molecule has 4 nitrogen and oxygen atoms in total. The van der Waals surface area contributed by atoms with Crippen molar-refractivity contribution in [3.05, 3.63) is 59.7 Å². The highest BCUT2D eigenvalue weighted by atomic mass is 16.5. The summed E-state index contributed by atoms with van der Waals surface area (Å²) in [6.45, 7) is 3.74. The van der Waals surface area contributed by atoms with E-state index in [1.165, 1.54) is 6.92 Å². The molecule has 2 aromatic carbocycles. The highest BCUT2D eigenvalue weighted by molar-refractivity contribution is 5.94. The molecule has 0 saturated heterocycles. The number of hydrogen-bond donors (Lipinski definition) is 1. The molecule has 0 radical (unpaired) electrons. The first-order valence-electron chi connectivity index (χ1n) is 7.16. The number of rotatable bonds is 7. The van der Waals surface area contributed by atoms with E-state index in [9.17, 15) is 9.90 Å². The highest BCUT2D eigenvalue weighted by Gasteiger charge is 2.08. The average Bonchev–Trinajstić information content (AvgIpc) is 2.51. The number of carbonyl (C=O) groups is 1. The fourth-order valence-corrected chi connectivity index (χ4v) is 1.94. The zero-order valence-electron chi connectivity index (χ0n) is 12.8. The smallest absolute Gasteiger partial charge is 0.159 e. The first kappa shape index (κ1) is 16.0. The van der Waals surface area contributed by atoms with E-state index >= 15 is 0 Å². The van der Waals surface area contributed by atoms with Crippen LogP contribution < -0.4 is 9.47 Å². The molecule has 0 fully saturated rings. The molecule has 0 amide bonds. The number of ketones is 1. The van der Waals surface area contributed by atoms with E-state index < -0.39 is 6.10 Å². The summed E-state index contributed by atoms with van der Waals surface area (Å²) >= 11 is 0. The zero-order chi connectivity index (χ0) is 15.9. The largest absolute Gasteiger partial charge is 0.491 e. The minimum absolute atomic E-state index is 0.0196. The van der Waals surface area contributed by atoms with Gasteiger partial charge in [0.25, 0.3) is 0 Å². The van der Waals surface area contributed by atoms with Gasteiger partial charge in [0.05, 0.1) is 0 Å². The summed E-state index contributed by atoms with van der Waals surface area (Å²) in [5, 5.41) is 9.90. The van der Waals surface area contributed by atoms with E-state index in [0.717, 1.165) is 11.3 Å². The first-order valence-corrected chi connectivity index (χ1v) is 7.16. The number of Topliss-reactive ketones (excluding diaryl/α,β-unsaturated/α-hetero) is 1. The Balaban J connectivity index is 1.81. The number of aliphatic hydroxyl groups excluding tert-OH is 1. The van der Waals surface area contributed by atoms with Gasteiger partial charge in [-0.25, -0.2) is 0 Å². The van der Waals surface area contributed by atoms with Gasteiger partial charge in [0.15, 0.2) is 5.78 Å². The molecule has 1 unspecified atom stereocenters. The summed E-state index contributed by atoms with van der Waals surface area (Å²) in [4.78, 5) is 11.3. The lowest BCUT2D eigenvalue weighted by Gasteiger charge is -2.14. The lowest BCUT2D eigenvalue weighted by atomic mass is 10.1. The number of aryl methyl sites for hydroxylation is 1. The van der Waals surface area contributed by atoms with Crippen molar-refractivity contribution >= 4 is 5.78 Å². The molecule has 0 aromatic heterocycles. The number of aliphatic hydroxyl groups is 1. The zero-order valence-corrected chi connectivity index (χ0v) is 12.8. The molecule has 2 rings (SSSR count). The normalized spacial score (nSPS) is 11.8. The Labute approximate surface area is 130 Å². The number of carbonyl (C=O) groups excluding carboxylic acids is 1. The number of hydrogen-bond acceptors (Lipinski definition) is 4. The summed E-state index contributed by atoms with van der Waals surface area (Å²) in [7, 11) is 0. The third-order valence-electron chi connectivity index (χ3n) is 3.11. The van der Waals surface area contributed by atoms with Gasteiger partial charge in [-0.3, -0.25) is 4.79 Å². The maximum Gasteiger partial charge on any atom is 0.159 e. The van der Waals surface area contributed by atoms with E-state index in [1.54, 1.807) is 24.3 Å². The van der Waals surface area contributed by atoms with Crippen molar-refractivity contribution in [2.45, 2.75) is 20.0 Å². The molecule has 0 spiro atoms. The van der Waals surface area contributed by atoms with Crippen LogP contribution in [-0.2, 0) is 0 Å². The van der Waals surface area contributed by atoms with Crippen molar-refractivity contribution in [1.82, 2.24) is 0 Å². The molecule has 0 aliphatic carbocycles. The molecule has 0 heterocycles. The second-order valence-electron chi connectivity index (χ2n) is 5.18. The van der Waals surface area contributed by atoms with Gasteiger partial charge in [-0.1, -0.05) is 24.3 Å². The minimum Gasteiger partial charge on any atom is -0.491 e. The molecule has 0 saturated carbocycles. The van der Waals surface area contributed by atoms with Crippen LogP contribution in [0, 0.1) is 6.92 Å². The van der Waals surface area contributed by atoms with Crippen molar-refractivity contribution in [2.24, 2.45) is 0 Å². The fraction of sp³-hybridized carbons (Fsp3) is 0.278. The van der Waals surface area contributed by atoms with E-state index in [0.29, 0.717) is 11.3 Å². The predicted molar refractivity (Wildman–Crippen MR) is 84.6 cm³/mol. The highest BCUT2D eigenvalue weighted by Crippen LogP contribution is 2.15. The van der Waals surface area contributed by atoms with Crippen molar-refractivity contribution < 1.29 is 19.4 Å². The van der Waals surface area contributed by atoms with Gasteiger partial charge in [-0.2, -0.15) is 0 Å². The van der Waals surface area contributed by atoms with Crippen LogP contribution >= 0.6 is 0 Å². The van der Waals surface area contributed by atoms with Crippen LogP contribution in [0.4, 0.5) is 0 Å². The van der Waals surface area contributed by atoms with Gasteiger partial charge < -0.3 is 14.6 Å². The fourth-order valence-electron chi connectivity index (χ4n) is 1.94. The molecule has 1 atom stereocenters. The Hall–Kier alpha value is -2.33. The second kappa shape index (κ2) is 7.61. The van der Waals surface area contributed by atoms with Crippen LogP contribution in [0.3, 0.4) is 0 Å². The topological polar surface area (TPSA) is 55.8 Å². The summed E-state index contributed by atoms with van der Waals surface area (Å²) in [5.41, 5.74) is 1.69. The maximum atomic E-state index is 11.3. The molecule has 1 N–H and O–H groups in total. The van der Waals surface area contributed by atoms with E-state index in [2.05, 4.69) is 0 Å². The van der Waals surface area contributed by atoms with E-state index in [1.807, 2.05) is 31.2 Å². The average molecular weight is 300 g/mol. The number of ether oxygens (including phenoxy) is 2. The van der Waals surface area contributed by atoms with Crippen LogP contribution in [0.1, 0.15) is 22.8 Å². The summed E-state index contributed by atoms with van der Waals surface area (Å²) in [6.07, 6.45) is -0.749. The standard InChI is InChI=1S/C18H20O4/c1-13-5-3-7-17(9-13)21-11-16(20)12-22-18-8-4-6-15(10-18)14(2)19/h3-10,16,20H,11-12H2,1-2H3. The molecule has 22 heavy (non-hydrogen) atoms. The third-order valence-corrected chi connectivity index (χ3v) is 3.11. The van der Waals surface area contributed by atoms with Crippen LogP contribution in [-0.4, -0.2) is 30.2 Å². The van der Waals surface area contributed by atoms with E-state index in [4.69, 9.17) is 9.47 Å². The van der Waals surface area contributed by atoms with Crippen molar-refractivity contribution in [3.63, 3.8) is 0 Å². The quantitative estimate of drug-likeness (QED) is 0.799. The minimum atomic E-state index is -0.749. The Morgan fingerprint density at radius 2 is 1.64 bits per heavy atom. The Morgan fingerprint density at radius 3 is 2.23 bits per heavy atom. The maximum absolute atomic E-state index is 11.3. The molecular formula is C18H20O4.